The minimum absolute atomic E-state index is 0.167. The maximum Gasteiger partial charge on any atom is 0.292 e. The highest BCUT2D eigenvalue weighted by atomic mass is 16.6. The summed E-state index contributed by atoms with van der Waals surface area (Å²) in [5.41, 5.74) is 1.70. The normalized spacial score (nSPS) is 16.6. The number of hydrogen-bond acceptors (Lipinski definition) is 4. The van der Waals surface area contributed by atoms with Crippen LogP contribution in [0.15, 0.2) is 18.2 Å². The van der Waals surface area contributed by atoms with E-state index in [0.717, 1.165) is 31.7 Å². The molecule has 5 nitrogen and oxygen atoms in total. The van der Waals surface area contributed by atoms with E-state index in [-0.39, 0.29) is 10.6 Å². The Hall–Kier alpha value is -1.62. The predicted octanol–water partition coefficient (Wildman–Crippen LogP) is 3.19. The lowest BCUT2D eigenvalue weighted by atomic mass is 10.2. The molecule has 110 valence electrons. The van der Waals surface area contributed by atoms with E-state index in [4.69, 9.17) is 0 Å². The summed E-state index contributed by atoms with van der Waals surface area (Å²) in [7, 11) is 0. The van der Waals surface area contributed by atoms with Crippen LogP contribution < -0.4 is 5.32 Å². The van der Waals surface area contributed by atoms with Crippen molar-refractivity contribution < 1.29 is 4.92 Å². The van der Waals surface area contributed by atoms with Gasteiger partial charge in [-0.1, -0.05) is 18.9 Å². The van der Waals surface area contributed by atoms with Gasteiger partial charge in [0.25, 0.3) is 5.69 Å². The maximum atomic E-state index is 11.0. The largest absolute Gasteiger partial charge is 0.378 e. The van der Waals surface area contributed by atoms with Crippen LogP contribution in [0, 0.1) is 17.0 Å². The lowest BCUT2D eigenvalue weighted by Gasteiger charge is -2.20. The summed E-state index contributed by atoms with van der Waals surface area (Å²) < 4.78 is 0. The Balaban J connectivity index is 1.88. The summed E-state index contributed by atoms with van der Waals surface area (Å²) in [5, 5.41) is 14.2. The van der Waals surface area contributed by atoms with Gasteiger partial charge < -0.3 is 10.2 Å². The van der Waals surface area contributed by atoms with Gasteiger partial charge in [-0.15, -0.1) is 0 Å². The Bertz CT molecular complexity index is 454. The molecule has 0 unspecified atom stereocenters. The van der Waals surface area contributed by atoms with Gasteiger partial charge in [0.15, 0.2) is 0 Å². The molecule has 1 aliphatic heterocycles. The Morgan fingerprint density at radius 3 is 2.60 bits per heavy atom. The Labute approximate surface area is 120 Å². The van der Waals surface area contributed by atoms with Crippen LogP contribution in [0.5, 0.6) is 0 Å². The van der Waals surface area contributed by atoms with Crippen LogP contribution in [-0.2, 0) is 0 Å². The molecule has 5 heteroatoms. The summed E-state index contributed by atoms with van der Waals surface area (Å²) in [5.74, 6) is 0. The number of aryl methyl sites for hydroxylation is 1. The van der Waals surface area contributed by atoms with Crippen molar-refractivity contribution in [1.82, 2.24) is 4.90 Å². The number of nitro groups is 1. The maximum absolute atomic E-state index is 11.0. The van der Waals surface area contributed by atoms with Crippen molar-refractivity contribution in [1.29, 1.82) is 0 Å². The Morgan fingerprint density at radius 2 is 1.95 bits per heavy atom. The zero-order chi connectivity index (χ0) is 14.4. The molecule has 0 spiro atoms. The highest BCUT2D eigenvalue weighted by Gasteiger charge is 2.14. The van der Waals surface area contributed by atoms with E-state index in [1.54, 1.807) is 12.1 Å². The second-order valence-electron chi connectivity index (χ2n) is 5.46. The van der Waals surface area contributed by atoms with Crippen LogP contribution in [0.25, 0.3) is 0 Å². The number of anilines is 1. The van der Waals surface area contributed by atoms with E-state index >= 15 is 0 Å². The van der Waals surface area contributed by atoms with Crippen molar-refractivity contribution in [2.45, 2.75) is 32.6 Å². The molecule has 1 aliphatic rings. The number of likely N-dealkylation sites (tertiary alicyclic amines) is 1. The van der Waals surface area contributed by atoms with E-state index in [1.807, 2.05) is 13.0 Å². The van der Waals surface area contributed by atoms with Gasteiger partial charge in [0, 0.05) is 19.2 Å². The third kappa shape index (κ3) is 4.20. The monoisotopic (exact) mass is 277 g/mol. The average Bonchev–Trinajstić information content (AvgIpc) is 2.69. The Kier molecular flexibility index (Phi) is 5.35. The van der Waals surface area contributed by atoms with Crippen molar-refractivity contribution in [2.24, 2.45) is 0 Å². The van der Waals surface area contributed by atoms with Gasteiger partial charge in [-0.05, 0) is 44.5 Å². The summed E-state index contributed by atoms with van der Waals surface area (Å²) in [6, 6.07) is 5.32. The third-order valence-electron chi connectivity index (χ3n) is 3.79. The van der Waals surface area contributed by atoms with E-state index in [0.29, 0.717) is 5.69 Å². The van der Waals surface area contributed by atoms with E-state index in [9.17, 15) is 10.1 Å². The molecule has 0 atom stereocenters. The van der Waals surface area contributed by atoms with Crippen LogP contribution in [-0.4, -0.2) is 36.0 Å². The topological polar surface area (TPSA) is 58.4 Å². The number of nitro benzene ring substituents is 1. The zero-order valence-corrected chi connectivity index (χ0v) is 12.1. The summed E-state index contributed by atoms with van der Waals surface area (Å²) in [6.07, 6.45) is 5.19. The van der Waals surface area contributed by atoms with Crippen LogP contribution in [0.3, 0.4) is 0 Å². The van der Waals surface area contributed by atoms with Gasteiger partial charge in [-0.2, -0.15) is 0 Å². The van der Waals surface area contributed by atoms with Gasteiger partial charge >= 0.3 is 0 Å². The summed E-state index contributed by atoms with van der Waals surface area (Å²) in [6.45, 7) is 5.87. The van der Waals surface area contributed by atoms with Crippen LogP contribution in [0.2, 0.25) is 0 Å². The fourth-order valence-electron chi connectivity index (χ4n) is 2.65. The molecule has 1 saturated heterocycles. The van der Waals surface area contributed by atoms with Gasteiger partial charge in [0.1, 0.15) is 5.69 Å². The number of rotatable bonds is 5. The predicted molar refractivity (Wildman–Crippen MR) is 81.2 cm³/mol. The molecule has 0 saturated carbocycles. The second kappa shape index (κ2) is 7.24. The quantitative estimate of drug-likeness (QED) is 0.663. The molecule has 1 fully saturated rings. The van der Waals surface area contributed by atoms with Crippen molar-refractivity contribution in [3.05, 3.63) is 33.9 Å². The zero-order valence-electron chi connectivity index (χ0n) is 12.1. The van der Waals surface area contributed by atoms with Gasteiger partial charge in [0.2, 0.25) is 0 Å². The molecule has 0 amide bonds. The first-order valence-electron chi connectivity index (χ1n) is 7.38. The third-order valence-corrected chi connectivity index (χ3v) is 3.79. The minimum Gasteiger partial charge on any atom is -0.378 e. The Morgan fingerprint density at radius 1 is 1.25 bits per heavy atom. The highest BCUT2D eigenvalue weighted by molar-refractivity contribution is 5.62. The molecule has 0 bridgehead atoms. The van der Waals surface area contributed by atoms with Gasteiger partial charge in [-0.25, -0.2) is 0 Å². The molecular formula is C15H23N3O2. The molecule has 20 heavy (non-hydrogen) atoms. The van der Waals surface area contributed by atoms with Gasteiger partial charge in [0.05, 0.1) is 4.92 Å². The molecule has 1 aromatic carbocycles. The van der Waals surface area contributed by atoms with Gasteiger partial charge in [-0.3, -0.25) is 10.1 Å². The van der Waals surface area contributed by atoms with Crippen molar-refractivity contribution in [3.8, 4) is 0 Å². The first-order valence-corrected chi connectivity index (χ1v) is 7.38. The summed E-state index contributed by atoms with van der Waals surface area (Å²) in [4.78, 5) is 13.2. The van der Waals surface area contributed by atoms with Crippen LogP contribution in [0.4, 0.5) is 11.4 Å². The standard InChI is InChI=1S/C15H23N3O2/c1-13-6-7-14(15(12-13)18(19)20)16-8-11-17-9-4-2-3-5-10-17/h6-7,12,16H,2-5,8-11H2,1H3. The molecule has 1 N–H and O–H groups in total. The van der Waals surface area contributed by atoms with Crippen LogP contribution in [0.1, 0.15) is 31.2 Å². The van der Waals surface area contributed by atoms with E-state index in [1.165, 1.54) is 25.7 Å². The lowest BCUT2D eigenvalue weighted by molar-refractivity contribution is -0.384. The van der Waals surface area contributed by atoms with Crippen molar-refractivity contribution >= 4 is 11.4 Å². The molecule has 2 rings (SSSR count). The highest BCUT2D eigenvalue weighted by Crippen LogP contribution is 2.25. The molecule has 1 heterocycles. The molecular weight excluding hydrogens is 254 g/mol. The first-order chi connectivity index (χ1) is 9.66. The first kappa shape index (κ1) is 14.8. The van der Waals surface area contributed by atoms with Crippen molar-refractivity contribution in [2.75, 3.05) is 31.5 Å². The number of nitrogens with one attached hydrogen (secondary N) is 1. The average molecular weight is 277 g/mol. The molecule has 0 aliphatic carbocycles. The van der Waals surface area contributed by atoms with E-state index in [2.05, 4.69) is 10.2 Å². The smallest absolute Gasteiger partial charge is 0.292 e. The molecule has 0 aromatic heterocycles. The fourth-order valence-corrected chi connectivity index (χ4v) is 2.65. The van der Waals surface area contributed by atoms with Crippen LogP contribution >= 0.6 is 0 Å². The fraction of sp³-hybridized carbons (Fsp3) is 0.600. The van der Waals surface area contributed by atoms with Crippen molar-refractivity contribution in [3.63, 3.8) is 0 Å². The number of hydrogen-bond donors (Lipinski definition) is 1. The lowest BCUT2D eigenvalue weighted by Crippen LogP contribution is -2.30. The minimum atomic E-state index is -0.318. The molecule has 1 aromatic rings. The summed E-state index contributed by atoms with van der Waals surface area (Å²) >= 11 is 0. The SMILES string of the molecule is Cc1ccc(NCCN2CCCCCC2)c([N+](=O)[O-])c1. The second-order valence-corrected chi connectivity index (χ2v) is 5.46. The molecule has 0 radical (unpaired) electrons. The van der Waals surface area contributed by atoms with E-state index < -0.39 is 0 Å². The number of nitrogens with zero attached hydrogens (tertiary/aromatic N) is 2. The number of benzene rings is 1.